The maximum atomic E-state index is 15.1. The lowest BCUT2D eigenvalue weighted by Crippen LogP contribution is -2.42. The molecule has 1 saturated carbocycles. The Labute approximate surface area is 189 Å². The van der Waals surface area contributed by atoms with E-state index in [2.05, 4.69) is 6.92 Å². The first-order valence-corrected chi connectivity index (χ1v) is 11.8. The number of halogens is 2. The molecule has 0 heterocycles. The quantitative estimate of drug-likeness (QED) is 0.397. The van der Waals surface area contributed by atoms with E-state index in [0.29, 0.717) is 45.1 Å². The molecule has 1 aliphatic rings. The average molecular weight is 445 g/mol. The van der Waals surface area contributed by atoms with Gasteiger partial charge in [-0.2, -0.15) is 0 Å². The summed E-state index contributed by atoms with van der Waals surface area (Å²) < 4.78 is 34.1. The first-order valence-electron chi connectivity index (χ1n) is 11.8. The zero-order valence-electron chi connectivity index (χ0n) is 18.9. The Kier molecular flexibility index (Phi) is 8.80. The van der Waals surface area contributed by atoms with Crippen LogP contribution in [0.15, 0.2) is 42.5 Å². The number of ether oxygens (including phenoxy) is 1. The molecule has 0 spiro atoms. The van der Waals surface area contributed by atoms with Crippen molar-refractivity contribution < 1.29 is 23.4 Å². The van der Waals surface area contributed by atoms with Crippen LogP contribution in [0.3, 0.4) is 0 Å². The van der Waals surface area contributed by atoms with Crippen molar-refractivity contribution in [3.05, 3.63) is 70.8 Å². The highest BCUT2D eigenvalue weighted by molar-refractivity contribution is 5.81. The van der Waals surface area contributed by atoms with E-state index in [-0.39, 0.29) is 17.5 Å². The minimum atomic E-state index is -1.19. The summed E-state index contributed by atoms with van der Waals surface area (Å²) >= 11 is 0. The van der Waals surface area contributed by atoms with Crippen LogP contribution in [0.4, 0.5) is 8.78 Å². The predicted octanol–water partition coefficient (Wildman–Crippen LogP) is 6.61. The van der Waals surface area contributed by atoms with E-state index in [1.165, 1.54) is 31.0 Å². The number of hydrogen-bond acceptors (Lipinski definition) is 2. The molecule has 0 bridgehead atoms. The van der Waals surface area contributed by atoms with Gasteiger partial charge in [-0.05, 0) is 74.3 Å². The summed E-state index contributed by atoms with van der Waals surface area (Å²) in [5.74, 6) is -1.69. The monoisotopic (exact) mass is 444 g/mol. The fourth-order valence-corrected chi connectivity index (χ4v) is 4.67. The Hall–Kier alpha value is -2.27. The molecular formula is C27H34F2O3. The van der Waals surface area contributed by atoms with Gasteiger partial charge in [0, 0.05) is 12.2 Å². The number of carboxylic acids is 1. The second-order valence-electron chi connectivity index (χ2n) is 8.96. The van der Waals surface area contributed by atoms with E-state index in [1.807, 2.05) is 6.07 Å². The molecule has 1 aliphatic carbocycles. The van der Waals surface area contributed by atoms with Crippen molar-refractivity contribution >= 4 is 5.97 Å². The third kappa shape index (κ3) is 6.16. The van der Waals surface area contributed by atoms with Crippen molar-refractivity contribution in [2.24, 2.45) is 0 Å². The minimum Gasteiger partial charge on any atom is -0.481 e. The number of aliphatic carboxylic acids is 1. The highest BCUT2D eigenvalue weighted by atomic mass is 19.1. The molecule has 0 radical (unpaired) electrons. The van der Waals surface area contributed by atoms with Crippen LogP contribution in [0.1, 0.15) is 75.0 Å². The summed E-state index contributed by atoms with van der Waals surface area (Å²) in [7, 11) is 0. The lowest BCUT2D eigenvalue weighted by Gasteiger charge is -2.37. The van der Waals surface area contributed by atoms with E-state index in [9.17, 15) is 14.3 Å². The van der Waals surface area contributed by atoms with Crippen LogP contribution >= 0.6 is 0 Å². The summed E-state index contributed by atoms with van der Waals surface area (Å²) in [5, 5.41) is 10.0. The third-order valence-electron chi connectivity index (χ3n) is 6.71. The molecule has 2 aromatic rings. The van der Waals surface area contributed by atoms with Crippen molar-refractivity contribution in [2.45, 2.75) is 82.7 Å². The van der Waals surface area contributed by atoms with E-state index in [4.69, 9.17) is 4.74 Å². The Bertz CT molecular complexity index is 871. The van der Waals surface area contributed by atoms with Gasteiger partial charge in [0.25, 0.3) is 0 Å². The SMILES string of the molecule is CCCCCCOC1CCC(C(=O)O)(c2ccc(CCc3ccc(F)cc3)cc2F)CC1. The van der Waals surface area contributed by atoms with Crippen molar-refractivity contribution in [3.63, 3.8) is 0 Å². The number of benzene rings is 2. The summed E-state index contributed by atoms with van der Waals surface area (Å²) in [4.78, 5) is 12.3. The van der Waals surface area contributed by atoms with Crippen LogP contribution in [-0.2, 0) is 27.8 Å². The largest absolute Gasteiger partial charge is 0.481 e. The van der Waals surface area contributed by atoms with Gasteiger partial charge in [-0.1, -0.05) is 50.5 Å². The number of carbonyl (C=O) groups is 1. The second kappa shape index (κ2) is 11.6. The fraction of sp³-hybridized carbons (Fsp3) is 0.519. The van der Waals surface area contributed by atoms with Crippen molar-refractivity contribution in [1.29, 1.82) is 0 Å². The molecule has 2 aromatic carbocycles. The van der Waals surface area contributed by atoms with Crippen LogP contribution in [0.2, 0.25) is 0 Å². The molecular weight excluding hydrogens is 410 g/mol. The van der Waals surface area contributed by atoms with Crippen LogP contribution in [-0.4, -0.2) is 23.8 Å². The lowest BCUT2D eigenvalue weighted by molar-refractivity contribution is -0.146. The minimum absolute atomic E-state index is 0.0575. The lowest BCUT2D eigenvalue weighted by atomic mass is 9.68. The number of rotatable bonds is 11. The maximum absolute atomic E-state index is 15.1. The van der Waals surface area contributed by atoms with Crippen LogP contribution < -0.4 is 0 Å². The normalized spacial score (nSPS) is 20.9. The molecule has 3 nitrogen and oxygen atoms in total. The Morgan fingerprint density at radius 1 is 1.00 bits per heavy atom. The third-order valence-corrected chi connectivity index (χ3v) is 6.71. The van der Waals surface area contributed by atoms with E-state index >= 15 is 4.39 Å². The summed E-state index contributed by atoms with van der Waals surface area (Å²) in [6.45, 7) is 2.88. The van der Waals surface area contributed by atoms with E-state index in [1.54, 1.807) is 18.2 Å². The maximum Gasteiger partial charge on any atom is 0.314 e. The molecule has 1 N–H and O–H groups in total. The fourth-order valence-electron chi connectivity index (χ4n) is 4.67. The molecule has 0 amide bonds. The molecule has 0 aromatic heterocycles. The van der Waals surface area contributed by atoms with Crippen LogP contribution in [0.5, 0.6) is 0 Å². The van der Waals surface area contributed by atoms with Gasteiger partial charge in [0.1, 0.15) is 11.6 Å². The molecule has 0 unspecified atom stereocenters. The zero-order valence-corrected chi connectivity index (χ0v) is 18.9. The van der Waals surface area contributed by atoms with Gasteiger partial charge < -0.3 is 9.84 Å². The standard InChI is InChI=1S/C27H34F2O3/c1-2-3-4-5-18-32-23-14-16-27(17-15-23,26(30)31)24-13-10-21(19-25(24)29)7-6-20-8-11-22(28)12-9-20/h8-13,19,23H,2-7,14-18H2,1H3,(H,30,31). The van der Waals surface area contributed by atoms with Gasteiger partial charge in [0.05, 0.1) is 11.5 Å². The second-order valence-corrected chi connectivity index (χ2v) is 8.96. The van der Waals surface area contributed by atoms with Crippen molar-refractivity contribution in [2.75, 3.05) is 6.61 Å². The molecule has 0 saturated heterocycles. The number of hydrogen-bond donors (Lipinski definition) is 1. The Morgan fingerprint density at radius 3 is 2.28 bits per heavy atom. The van der Waals surface area contributed by atoms with E-state index in [0.717, 1.165) is 24.0 Å². The average Bonchev–Trinajstić information content (AvgIpc) is 2.79. The number of unbranched alkanes of at least 4 members (excludes halogenated alkanes) is 3. The number of carboxylic acid groups (broad SMARTS) is 1. The Balaban J connectivity index is 1.61. The molecule has 5 heteroatoms. The first-order chi connectivity index (χ1) is 15.4. The van der Waals surface area contributed by atoms with Gasteiger partial charge in [-0.15, -0.1) is 0 Å². The summed E-state index contributed by atoms with van der Waals surface area (Å²) in [5.41, 5.74) is 0.866. The summed E-state index contributed by atoms with van der Waals surface area (Å²) in [6.07, 6.45) is 7.93. The van der Waals surface area contributed by atoms with E-state index < -0.39 is 17.2 Å². The highest BCUT2D eigenvalue weighted by Gasteiger charge is 2.45. The van der Waals surface area contributed by atoms with Gasteiger partial charge in [-0.3, -0.25) is 4.79 Å². The topological polar surface area (TPSA) is 46.5 Å². The summed E-state index contributed by atoms with van der Waals surface area (Å²) in [6, 6.07) is 11.2. The molecule has 1 fully saturated rings. The van der Waals surface area contributed by atoms with Crippen molar-refractivity contribution in [1.82, 2.24) is 0 Å². The predicted molar refractivity (Wildman–Crippen MR) is 122 cm³/mol. The van der Waals surface area contributed by atoms with Gasteiger partial charge in [0.2, 0.25) is 0 Å². The van der Waals surface area contributed by atoms with Gasteiger partial charge >= 0.3 is 5.97 Å². The first kappa shape index (κ1) is 24.4. The zero-order chi connectivity index (χ0) is 23.0. The number of aryl methyl sites for hydroxylation is 2. The Morgan fingerprint density at radius 2 is 1.66 bits per heavy atom. The molecule has 174 valence electrons. The van der Waals surface area contributed by atoms with Gasteiger partial charge in [-0.25, -0.2) is 8.78 Å². The molecule has 0 aliphatic heterocycles. The smallest absolute Gasteiger partial charge is 0.314 e. The van der Waals surface area contributed by atoms with Crippen LogP contribution in [0.25, 0.3) is 0 Å². The molecule has 3 rings (SSSR count). The molecule has 0 atom stereocenters. The highest BCUT2D eigenvalue weighted by Crippen LogP contribution is 2.42. The van der Waals surface area contributed by atoms with Gasteiger partial charge in [0.15, 0.2) is 0 Å². The van der Waals surface area contributed by atoms with Crippen molar-refractivity contribution in [3.8, 4) is 0 Å². The van der Waals surface area contributed by atoms with Crippen LogP contribution in [0, 0.1) is 11.6 Å². The molecule has 32 heavy (non-hydrogen) atoms.